The van der Waals surface area contributed by atoms with Crippen LogP contribution in [-0.4, -0.2) is 25.2 Å². The molecular formula is C20H25Cl2O2P. The van der Waals surface area contributed by atoms with Crippen molar-refractivity contribution >= 4 is 37.1 Å². The average Bonchev–Trinajstić information content (AvgIpc) is 2.64. The first-order valence-electron chi connectivity index (χ1n) is 8.49. The number of para-hydroxylation sites is 1. The van der Waals surface area contributed by atoms with Crippen molar-refractivity contribution in [2.45, 2.75) is 30.5 Å². The fraction of sp³-hybridized carbons (Fsp3) is 0.400. The van der Waals surface area contributed by atoms with Crippen molar-refractivity contribution in [3.8, 4) is 22.6 Å². The zero-order valence-electron chi connectivity index (χ0n) is 14.7. The molecule has 0 amide bonds. The summed E-state index contributed by atoms with van der Waals surface area (Å²) in [6.07, 6.45) is 5.46. The van der Waals surface area contributed by atoms with Gasteiger partial charge in [0.15, 0.2) is 0 Å². The predicted molar refractivity (Wildman–Crippen MR) is 112 cm³/mol. The number of rotatable bonds is 10. The van der Waals surface area contributed by atoms with Gasteiger partial charge in [-0.15, -0.1) is 23.2 Å². The van der Waals surface area contributed by atoms with Crippen molar-refractivity contribution in [3.05, 3.63) is 42.5 Å². The smallest absolute Gasteiger partial charge is 0.127 e. The predicted octanol–water partition coefficient (Wildman–Crippen LogP) is 6.04. The first-order chi connectivity index (χ1) is 12.2. The molecule has 0 N–H and O–H groups in total. The van der Waals surface area contributed by atoms with Crippen LogP contribution in [0.3, 0.4) is 0 Å². The first kappa shape index (κ1) is 20.4. The van der Waals surface area contributed by atoms with E-state index in [1.165, 1.54) is 11.7 Å². The highest BCUT2D eigenvalue weighted by Crippen LogP contribution is 2.37. The Morgan fingerprint density at radius 2 is 1.60 bits per heavy atom. The second-order valence-electron chi connectivity index (χ2n) is 5.75. The normalized spacial score (nSPS) is 11.4. The lowest BCUT2D eigenvalue weighted by molar-refractivity contribution is 0.410. The zero-order chi connectivity index (χ0) is 18.1. The van der Waals surface area contributed by atoms with Gasteiger partial charge in [0.05, 0.1) is 14.2 Å². The number of unbranched alkanes of at least 4 members (excludes halogenated alkanes) is 2. The van der Waals surface area contributed by atoms with Crippen LogP contribution in [0.15, 0.2) is 42.5 Å². The van der Waals surface area contributed by atoms with Crippen LogP contribution in [0.2, 0.25) is 0 Å². The van der Waals surface area contributed by atoms with Crippen LogP contribution in [0.5, 0.6) is 11.5 Å². The molecule has 2 nitrogen and oxygen atoms in total. The highest BCUT2D eigenvalue weighted by molar-refractivity contribution is 7.47. The highest BCUT2D eigenvalue weighted by atomic mass is 35.5. The summed E-state index contributed by atoms with van der Waals surface area (Å²) in [6.45, 7) is 0. The molecule has 136 valence electrons. The molecule has 0 aliphatic carbocycles. The SMILES string of the molecule is COc1ccccc1-c1c(OC)cccc1PCCCCCC(Cl)Cl. The Balaban J connectivity index is 2.13. The molecular weight excluding hydrogens is 374 g/mol. The van der Waals surface area contributed by atoms with Crippen LogP contribution in [0, 0.1) is 0 Å². The molecule has 0 bridgehead atoms. The number of ether oxygens (including phenoxy) is 2. The minimum atomic E-state index is -0.238. The lowest BCUT2D eigenvalue weighted by atomic mass is 10.0. The number of halogens is 2. The van der Waals surface area contributed by atoms with Gasteiger partial charge in [-0.1, -0.05) is 51.8 Å². The zero-order valence-corrected chi connectivity index (χ0v) is 17.2. The maximum Gasteiger partial charge on any atom is 0.127 e. The number of alkyl halides is 2. The number of methoxy groups -OCH3 is 2. The van der Waals surface area contributed by atoms with E-state index in [0.29, 0.717) is 0 Å². The van der Waals surface area contributed by atoms with Crippen molar-refractivity contribution in [3.63, 3.8) is 0 Å². The van der Waals surface area contributed by atoms with E-state index in [1.807, 2.05) is 24.3 Å². The molecule has 5 heteroatoms. The monoisotopic (exact) mass is 398 g/mol. The minimum absolute atomic E-state index is 0.238. The lowest BCUT2D eigenvalue weighted by Crippen LogP contribution is -2.05. The maximum absolute atomic E-state index is 5.78. The van der Waals surface area contributed by atoms with Crippen molar-refractivity contribution in [2.24, 2.45) is 0 Å². The third-order valence-electron chi connectivity index (χ3n) is 4.04. The van der Waals surface area contributed by atoms with Gasteiger partial charge in [0.25, 0.3) is 0 Å². The highest BCUT2D eigenvalue weighted by Gasteiger charge is 2.15. The van der Waals surface area contributed by atoms with Crippen molar-refractivity contribution < 1.29 is 9.47 Å². The van der Waals surface area contributed by atoms with Crippen LogP contribution < -0.4 is 14.8 Å². The maximum atomic E-state index is 5.78. The summed E-state index contributed by atoms with van der Waals surface area (Å²) >= 11 is 11.6. The second kappa shape index (κ2) is 10.9. The summed E-state index contributed by atoms with van der Waals surface area (Å²) in [5.41, 5.74) is 2.22. The van der Waals surface area contributed by atoms with Crippen molar-refractivity contribution in [1.29, 1.82) is 0 Å². The molecule has 25 heavy (non-hydrogen) atoms. The van der Waals surface area contributed by atoms with E-state index < -0.39 is 0 Å². The Morgan fingerprint density at radius 3 is 2.32 bits per heavy atom. The summed E-state index contributed by atoms with van der Waals surface area (Å²) in [5, 5.41) is 1.32. The molecule has 0 aromatic heterocycles. The topological polar surface area (TPSA) is 18.5 Å². The van der Waals surface area contributed by atoms with E-state index in [9.17, 15) is 0 Å². The van der Waals surface area contributed by atoms with E-state index in [4.69, 9.17) is 32.7 Å². The quantitative estimate of drug-likeness (QED) is 0.276. The molecule has 0 saturated heterocycles. The number of hydrogen-bond acceptors (Lipinski definition) is 2. The third kappa shape index (κ3) is 6.06. The standard InChI is InChI=1S/C20H25Cl2O2P/c1-23-16-10-6-5-9-15(16)20-17(24-2)11-8-12-18(20)25-14-7-3-4-13-19(21)22/h5-6,8-12,19,25H,3-4,7,13-14H2,1-2H3. The fourth-order valence-electron chi connectivity index (χ4n) is 2.80. The van der Waals surface area contributed by atoms with E-state index in [2.05, 4.69) is 18.2 Å². The van der Waals surface area contributed by atoms with Gasteiger partial charge in [-0.3, -0.25) is 0 Å². The van der Waals surface area contributed by atoms with Gasteiger partial charge in [-0.25, -0.2) is 0 Å². The Labute approximate surface area is 162 Å². The summed E-state index contributed by atoms with van der Waals surface area (Å²) < 4.78 is 11.2. The van der Waals surface area contributed by atoms with Crippen molar-refractivity contribution in [2.75, 3.05) is 20.4 Å². The van der Waals surface area contributed by atoms with Crippen LogP contribution in [0.1, 0.15) is 25.7 Å². The van der Waals surface area contributed by atoms with Gasteiger partial charge in [0, 0.05) is 11.1 Å². The Hall–Kier alpha value is -0.950. The van der Waals surface area contributed by atoms with Crippen LogP contribution >= 0.6 is 31.8 Å². The van der Waals surface area contributed by atoms with Crippen LogP contribution in [0.4, 0.5) is 0 Å². The average molecular weight is 399 g/mol. The van der Waals surface area contributed by atoms with E-state index in [-0.39, 0.29) is 4.84 Å². The fourth-order valence-corrected chi connectivity index (χ4v) is 4.45. The largest absolute Gasteiger partial charge is 0.496 e. The molecule has 0 spiro atoms. The Morgan fingerprint density at radius 1 is 0.880 bits per heavy atom. The molecule has 0 heterocycles. The molecule has 0 saturated carbocycles. The molecule has 0 aliphatic heterocycles. The molecule has 1 unspecified atom stereocenters. The molecule has 0 fully saturated rings. The van der Waals surface area contributed by atoms with E-state index in [1.54, 1.807) is 14.2 Å². The molecule has 2 aromatic rings. The first-order valence-corrected chi connectivity index (χ1v) is 10.6. The molecule has 0 aliphatic rings. The summed E-state index contributed by atoms with van der Waals surface area (Å²) in [6, 6.07) is 14.4. The van der Waals surface area contributed by atoms with E-state index >= 15 is 0 Å². The Kier molecular flexibility index (Phi) is 8.89. The van der Waals surface area contributed by atoms with Crippen LogP contribution in [-0.2, 0) is 0 Å². The van der Waals surface area contributed by atoms with Crippen LogP contribution in [0.25, 0.3) is 11.1 Å². The molecule has 2 rings (SSSR count). The summed E-state index contributed by atoms with van der Waals surface area (Å²) in [4.78, 5) is -0.238. The van der Waals surface area contributed by atoms with E-state index in [0.717, 1.165) is 56.6 Å². The molecule has 0 radical (unpaired) electrons. The summed E-state index contributed by atoms with van der Waals surface area (Å²) in [7, 11) is 4.15. The van der Waals surface area contributed by atoms with Gasteiger partial charge in [0.2, 0.25) is 0 Å². The minimum Gasteiger partial charge on any atom is -0.496 e. The second-order valence-corrected chi connectivity index (χ2v) is 8.42. The van der Waals surface area contributed by atoms with Gasteiger partial charge in [-0.05, 0) is 36.4 Å². The molecule has 2 aromatic carbocycles. The lowest BCUT2D eigenvalue weighted by Gasteiger charge is -2.16. The van der Waals surface area contributed by atoms with Gasteiger partial charge >= 0.3 is 0 Å². The summed E-state index contributed by atoms with van der Waals surface area (Å²) in [5.74, 6) is 1.76. The van der Waals surface area contributed by atoms with Crippen molar-refractivity contribution in [1.82, 2.24) is 0 Å². The molecule has 1 atom stereocenters. The van der Waals surface area contributed by atoms with Gasteiger partial charge in [-0.2, -0.15) is 0 Å². The number of benzene rings is 2. The Bertz CT molecular complexity index is 662. The van der Waals surface area contributed by atoms with Gasteiger partial charge < -0.3 is 9.47 Å². The third-order valence-corrected chi connectivity index (χ3v) is 5.87. The number of hydrogen-bond donors (Lipinski definition) is 0. The van der Waals surface area contributed by atoms with Gasteiger partial charge in [0.1, 0.15) is 16.3 Å².